The van der Waals surface area contributed by atoms with Crippen molar-refractivity contribution in [2.45, 2.75) is 6.54 Å². The standard InChI is InChI=1S/C12H19ClN2O3/c1-16-11-3-5-15-10(12(11)17-2)9-14-6-8-18-7-4-13/h3,5,14H,4,6-9H2,1-2H3. The molecule has 0 saturated heterocycles. The Kier molecular flexibility index (Phi) is 7.48. The molecule has 0 amide bonds. The molecule has 0 saturated carbocycles. The molecule has 6 heteroatoms. The first-order chi connectivity index (χ1) is 8.83. The fourth-order valence-corrected chi connectivity index (χ4v) is 1.59. The molecule has 0 aliphatic rings. The van der Waals surface area contributed by atoms with Crippen LogP contribution < -0.4 is 14.8 Å². The zero-order valence-corrected chi connectivity index (χ0v) is 11.5. The van der Waals surface area contributed by atoms with Crippen LogP contribution in [0.4, 0.5) is 0 Å². The number of halogens is 1. The van der Waals surface area contributed by atoms with E-state index in [1.807, 2.05) is 0 Å². The molecule has 18 heavy (non-hydrogen) atoms. The van der Waals surface area contributed by atoms with Gasteiger partial charge in [-0.05, 0) is 0 Å². The molecule has 102 valence electrons. The van der Waals surface area contributed by atoms with Gasteiger partial charge >= 0.3 is 0 Å². The van der Waals surface area contributed by atoms with E-state index in [4.69, 9.17) is 25.8 Å². The molecule has 0 bridgehead atoms. The Morgan fingerprint density at radius 3 is 2.78 bits per heavy atom. The minimum atomic E-state index is 0.519. The second kappa shape index (κ2) is 8.97. The number of rotatable bonds is 9. The van der Waals surface area contributed by atoms with E-state index in [9.17, 15) is 0 Å². The van der Waals surface area contributed by atoms with Gasteiger partial charge in [-0.3, -0.25) is 4.98 Å². The van der Waals surface area contributed by atoms with Crippen LogP contribution in [0.5, 0.6) is 11.5 Å². The van der Waals surface area contributed by atoms with Crippen LogP contribution in [0, 0.1) is 0 Å². The van der Waals surface area contributed by atoms with Gasteiger partial charge in [0.05, 0.1) is 33.1 Å². The molecule has 0 fully saturated rings. The largest absolute Gasteiger partial charge is 0.493 e. The quantitative estimate of drug-likeness (QED) is 0.546. The van der Waals surface area contributed by atoms with Crippen molar-refractivity contribution in [3.8, 4) is 11.5 Å². The van der Waals surface area contributed by atoms with Crippen molar-refractivity contribution >= 4 is 11.6 Å². The zero-order valence-electron chi connectivity index (χ0n) is 10.7. The number of hydrogen-bond acceptors (Lipinski definition) is 5. The van der Waals surface area contributed by atoms with Crippen molar-refractivity contribution < 1.29 is 14.2 Å². The number of nitrogens with one attached hydrogen (secondary N) is 1. The van der Waals surface area contributed by atoms with Gasteiger partial charge in [0.1, 0.15) is 0 Å². The predicted octanol–water partition coefficient (Wildman–Crippen LogP) is 1.44. The molecule has 0 aliphatic heterocycles. The molecule has 0 aliphatic carbocycles. The number of alkyl halides is 1. The Bertz CT molecular complexity index is 350. The van der Waals surface area contributed by atoms with Crippen molar-refractivity contribution in [2.24, 2.45) is 0 Å². The van der Waals surface area contributed by atoms with Crippen LogP contribution in [0.25, 0.3) is 0 Å². The van der Waals surface area contributed by atoms with Gasteiger partial charge in [0.2, 0.25) is 0 Å². The van der Waals surface area contributed by atoms with Crippen LogP contribution in [0.3, 0.4) is 0 Å². The highest BCUT2D eigenvalue weighted by Gasteiger charge is 2.09. The van der Waals surface area contributed by atoms with Gasteiger partial charge in [0.15, 0.2) is 11.5 Å². The summed E-state index contributed by atoms with van der Waals surface area (Å²) in [5, 5.41) is 3.22. The van der Waals surface area contributed by atoms with Crippen LogP contribution in [0.2, 0.25) is 0 Å². The average molecular weight is 275 g/mol. The van der Waals surface area contributed by atoms with Crippen molar-refractivity contribution in [1.82, 2.24) is 10.3 Å². The summed E-state index contributed by atoms with van der Waals surface area (Å²) in [4.78, 5) is 4.26. The number of aromatic nitrogens is 1. The van der Waals surface area contributed by atoms with E-state index in [1.54, 1.807) is 26.5 Å². The fraction of sp³-hybridized carbons (Fsp3) is 0.583. The van der Waals surface area contributed by atoms with Gasteiger partial charge in [-0.1, -0.05) is 0 Å². The number of hydrogen-bond donors (Lipinski definition) is 1. The minimum Gasteiger partial charge on any atom is -0.493 e. The first kappa shape index (κ1) is 15.0. The molecule has 0 unspecified atom stereocenters. The number of ether oxygens (including phenoxy) is 3. The summed E-state index contributed by atoms with van der Waals surface area (Å²) in [5.74, 6) is 1.86. The van der Waals surface area contributed by atoms with Crippen molar-refractivity contribution in [3.05, 3.63) is 18.0 Å². The highest BCUT2D eigenvalue weighted by atomic mass is 35.5. The maximum Gasteiger partial charge on any atom is 0.183 e. The molecular weight excluding hydrogens is 256 g/mol. The summed E-state index contributed by atoms with van der Waals surface area (Å²) in [5.41, 5.74) is 0.814. The highest BCUT2D eigenvalue weighted by molar-refractivity contribution is 6.17. The Hall–Kier alpha value is -1.04. The molecule has 0 radical (unpaired) electrons. The Labute approximate surface area is 112 Å². The second-order valence-electron chi connectivity index (χ2n) is 3.47. The molecule has 1 aromatic heterocycles. The summed E-state index contributed by atoms with van der Waals surface area (Å²) >= 11 is 5.50. The topological polar surface area (TPSA) is 52.6 Å². The summed E-state index contributed by atoms with van der Waals surface area (Å²) < 4.78 is 15.7. The van der Waals surface area contributed by atoms with Gasteiger partial charge in [0.25, 0.3) is 0 Å². The summed E-state index contributed by atoms with van der Waals surface area (Å²) in [6.45, 7) is 2.53. The molecule has 1 rings (SSSR count). The highest BCUT2D eigenvalue weighted by Crippen LogP contribution is 2.28. The monoisotopic (exact) mass is 274 g/mol. The van der Waals surface area contributed by atoms with Crippen LogP contribution >= 0.6 is 11.6 Å². The molecule has 1 aromatic rings. The van der Waals surface area contributed by atoms with Crippen LogP contribution in [-0.4, -0.2) is 44.8 Å². The second-order valence-corrected chi connectivity index (χ2v) is 3.85. The summed E-state index contributed by atoms with van der Waals surface area (Å²) in [6, 6.07) is 1.77. The third-order valence-corrected chi connectivity index (χ3v) is 2.46. The van der Waals surface area contributed by atoms with E-state index in [-0.39, 0.29) is 0 Å². The first-order valence-corrected chi connectivity index (χ1v) is 6.27. The van der Waals surface area contributed by atoms with E-state index in [2.05, 4.69) is 10.3 Å². The van der Waals surface area contributed by atoms with Crippen molar-refractivity contribution in [1.29, 1.82) is 0 Å². The predicted molar refractivity (Wildman–Crippen MR) is 70.6 cm³/mol. The first-order valence-electron chi connectivity index (χ1n) is 5.73. The third-order valence-electron chi connectivity index (χ3n) is 2.30. The fourth-order valence-electron chi connectivity index (χ4n) is 1.48. The Morgan fingerprint density at radius 1 is 1.28 bits per heavy atom. The summed E-state index contributed by atoms with van der Waals surface area (Å²) in [6.07, 6.45) is 1.70. The number of pyridine rings is 1. The van der Waals surface area contributed by atoms with E-state index >= 15 is 0 Å². The van der Waals surface area contributed by atoms with Gasteiger partial charge in [0, 0.05) is 31.2 Å². The molecule has 5 nitrogen and oxygen atoms in total. The molecular formula is C12H19ClN2O3. The van der Waals surface area contributed by atoms with Crippen molar-refractivity contribution in [3.63, 3.8) is 0 Å². The van der Waals surface area contributed by atoms with Crippen LogP contribution in [0.15, 0.2) is 12.3 Å². The smallest absolute Gasteiger partial charge is 0.183 e. The van der Waals surface area contributed by atoms with E-state index < -0.39 is 0 Å². The Morgan fingerprint density at radius 2 is 2.11 bits per heavy atom. The lowest BCUT2D eigenvalue weighted by molar-refractivity contribution is 0.150. The number of nitrogens with zero attached hydrogens (tertiary/aromatic N) is 1. The lowest BCUT2D eigenvalue weighted by atomic mass is 10.3. The van der Waals surface area contributed by atoms with Gasteiger partial charge in [-0.25, -0.2) is 0 Å². The van der Waals surface area contributed by atoms with Crippen molar-refractivity contribution in [2.75, 3.05) is 39.9 Å². The average Bonchev–Trinajstić information content (AvgIpc) is 2.42. The third kappa shape index (κ3) is 4.68. The SMILES string of the molecule is COc1ccnc(CNCCOCCCl)c1OC. The maximum absolute atomic E-state index is 5.50. The molecule has 0 aromatic carbocycles. The summed E-state index contributed by atoms with van der Waals surface area (Å²) in [7, 11) is 3.21. The van der Waals surface area contributed by atoms with Crippen LogP contribution in [0.1, 0.15) is 5.69 Å². The molecule has 1 heterocycles. The minimum absolute atomic E-state index is 0.519. The lowest BCUT2D eigenvalue weighted by Gasteiger charge is -2.12. The number of methoxy groups -OCH3 is 2. The van der Waals surface area contributed by atoms with Gasteiger partial charge < -0.3 is 19.5 Å². The van der Waals surface area contributed by atoms with E-state index in [1.165, 1.54) is 0 Å². The lowest BCUT2D eigenvalue weighted by Crippen LogP contribution is -2.20. The Balaban J connectivity index is 2.41. The molecule has 1 N–H and O–H groups in total. The van der Waals surface area contributed by atoms with E-state index in [0.717, 1.165) is 12.2 Å². The van der Waals surface area contributed by atoms with Gasteiger partial charge in [-0.2, -0.15) is 0 Å². The van der Waals surface area contributed by atoms with Crippen LogP contribution in [-0.2, 0) is 11.3 Å². The molecule has 0 spiro atoms. The zero-order chi connectivity index (χ0) is 13.2. The normalized spacial score (nSPS) is 10.4. The van der Waals surface area contributed by atoms with E-state index in [0.29, 0.717) is 37.1 Å². The van der Waals surface area contributed by atoms with Gasteiger partial charge in [-0.15, -0.1) is 11.6 Å². The maximum atomic E-state index is 5.50. The molecule has 0 atom stereocenters.